The lowest BCUT2D eigenvalue weighted by Crippen LogP contribution is -2.42. The number of nitrogens with one attached hydrogen (secondary N) is 2. The number of urea groups is 1. The highest BCUT2D eigenvalue weighted by molar-refractivity contribution is 5.78. The molecule has 1 aromatic carbocycles. The second-order valence-corrected chi connectivity index (χ2v) is 5.97. The number of likely N-dealkylation sites (tertiary alicyclic amines) is 1. The predicted octanol–water partition coefficient (Wildman–Crippen LogP) is 1.54. The lowest BCUT2D eigenvalue weighted by atomic mass is 10.1. The zero-order chi connectivity index (χ0) is 17.6. The van der Waals surface area contributed by atoms with Gasteiger partial charge >= 0.3 is 6.03 Å². The van der Waals surface area contributed by atoms with Gasteiger partial charge in [0.25, 0.3) is 0 Å². The van der Waals surface area contributed by atoms with Crippen LogP contribution in [-0.4, -0.2) is 40.1 Å². The van der Waals surface area contributed by atoms with Crippen molar-refractivity contribution in [2.75, 3.05) is 13.1 Å². The molecule has 1 aromatic heterocycles. The zero-order valence-corrected chi connectivity index (χ0v) is 14.1. The van der Waals surface area contributed by atoms with Crippen LogP contribution in [-0.2, 0) is 11.3 Å². The molecule has 1 aliphatic rings. The molecule has 1 atom stereocenters. The number of carbonyl (C=O) groups is 2. The van der Waals surface area contributed by atoms with Gasteiger partial charge in [0.15, 0.2) is 5.82 Å². The summed E-state index contributed by atoms with van der Waals surface area (Å²) >= 11 is 0. The molecule has 0 aliphatic carbocycles. The summed E-state index contributed by atoms with van der Waals surface area (Å²) in [5.74, 6) is 0.995. The molecule has 25 heavy (non-hydrogen) atoms. The van der Waals surface area contributed by atoms with E-state index in [0.29, 0.717) is 24.7 Å². The van der Waals surface area contributed by atoms with Gasteiger partial charge in [-0.3, -0.25) is 4.79 Å². The van der Waals surface area contributed by atoms with Crippen LogP contribution in [0.15, 0.2) is 34.9 Å². The number of hydrogen-bond acceptors (Lipinski definition) is 5. The Morgan fingerprint density at radius 2 is 2.16 bits per heavy atom. The van der Waals surface area contributed by atoms with E-state index in [4.69, 9.17) is 4.52 Å². The van der Waals surface area contributed by atoms with Crippen molar-refractivity contribution in [3.05, 3.63) is 47.6 Å². The minimum absolute atomic E-state index is 0.129. The molecule has 1 aliphatic heterocycles. The van der Waals surface area contributed by atoms with Crippen molar-refractivity contribution >= 4 is 11.9 Å². The molecule has 3 rings (SSSR count). The van der Waals surface area contributed by atoms with Crippen LogP contribution < -0.4 is 10.6 Å². The number of amides is 3. The fourth-order valence-corrected chi connectivity index (χ4v) is 2.81. The number of rotatable bonds is 6. The SMILES string of the molecule is Cc1noc(CNC(=O)NC(CN2CCCC2=O)c2ccccc2)n1. The van der Waals surface area contributed by atoms with Crippen LogP contribution in [0.5, 0.6) is 0 Å². The van der Waals surface area contributed by atoms with Crippen molar-refractivity contribution < 1.29 is 14.1 Å². The molecular formula is C17H21N5O3. The van der Waals surface area contributed by atoms with Crippen molar-refractivity contribution in [2.24, 2.45) is 0 Å². The van der Waals surface area contributed by atoms with E-state index >= 15 is 0 Å². The van der Waals surface area contributed by atoms with Gasteiger partial charge in [-0.2, -0.15) is 4.98 Å². The smallest absolute Gasteiger partial charge is 0.315 e. The molecule has 2 N–H and O–H groups in total. The third-order valence-electron chi connectivity index (χ3n) is 4.05. The Morgan fingerprint density at radius 3 is 2.80 bits per heavy atom. The Bertz CT molecular complexity index is 731. The topological polar surface area (TPSA) is 100 Å². The van der Waals surface area contributed by atoms with Gasteiger partial charge in [-0.05, 0) is 18.9 Å². The van der Waals surface area contributed by atoms with Crippen LogP contribution in [0.2, 0.25) is 0 Å². The summed E-state index contributed by atoms with van der Waals surface area (Å²) in [6.45, 7) is 3.05. The van der Waals surface area contributed by atoms with E-state index in [1.807, 2.05) is 30.3 Å². The molecule has 0 bridgehead atoms. The third-order valence-corrected chi connectivity index (χ3v) is 4.05. The number of nitrogens with zero attached hydrogens (tertiary/aromatic N) is 3. The minimum atomic E-state index is -0.351. The Kier molecular flexibility index (Phi) is 5.27. The van der Waals surface area contributed by atoms with Gasteiger partial charge in [0.2, 0.25) is 11.8 Å². The zero-order valence-electron chi connectivity index (χ0n) is 14.1. The quantitative estimate of drug-likeness (QED) is 0.829. The lowest BCUT2D eigenvalue weighted by Gasteiger charge is -2.25. The van der Waals surface area contributed by atoms with E-state index in [1.165, 1.54) is 0 Å². The molecule has 132 valence electrons. The fourth-order valence-electron chi connectivity index (χ4n) is 2.81. The molecule has 0 radical (unpaired) electrons. The highest BCUT2D eigenvalue weighted by Gasteiger charge is 2.25. The van der Waals surface area contributed by atoms with E-state index in [9.17, 15) is 9.59 Å². The van der Waals surface area contributed by atoms with Crippen molar-refractivity contribution in [1.82, 2.24) is 25.7 Å². The fraction of sp³-hybridized carbons (Fsp3) is 0.412. The molecule has 2 heterocycles. The van der Waals surface area contributed by atoms with Crippen LogP contribution in [0.1, 0.15) is 36.2 Å². The second kappa shape index (κ2) is 7.78. The summed E-state index contributed by atoms with van der Waals surface area (Å²) in [5.41, 5.74) is 0.950. The molecular weight excluding hydrogens is 322 g/mol. The summed E-state index contributed by atoms with van der Waals surface area (Å²) in [7, 11) is 0. The average Bonchev–Trinajstić information content (AvgIpc) is 3.21. The first-order valence-corrected chi connectivity index (χ1v) is 8.28. The van der Waals surface area contributed by atoms with Crippen molar-refractivity contribution in [2.45, 2.75) is 32.4 Å². The van der Waals surface area contributed by atoms with E-state index in [2.05, 4.69) is 20.8 Å². The van der Waals surface area contributed by atoms with E-state index in [1.54, 1.807) is 11.8 Å². The first-order chi connectivity index (χ1) is 12.1. The highest BCUT2D eigenvalue weighted by atomic mass is 16.5. The van der Waals surface area contributed by atoms with Gasteiger partial charge in [0.05, 0.1) is 12.6 Å². The number of aromatic nitrogens is 2. The predicted molar refractivity (Wildman–Crippen MR) is 89.4 cm³/mol. The summed E-state index contributed by atoms with van der Waals surface area (Å²) in [6, 6.07) is 8.98. The first-order valence-electron chi connectivity index (χ1n) is 8.28. The van der Waals surface area contributed by atoms with Crippen LogP contribution in [0.25, 0.3) is 0 Å². The first kappa shape index (κ1) is 16.9. The summed E-state index contributed by atoms with van der Waals surface area (Å²) in [4.78, 5) is 30.0. The summed E-state index contributed by atoms with van der Waals surface area (Å²) in [6.07, 6.45) is 1.44. The molecule has 1 fully saturated rings. The van der Waals surface area contributed by atoms with Crippen molar-refractivity contribution in [3.8, 4) is 0 Å². The standard InChI is InChI=1S/C17H21N5O3/c1-12-19-15(25-21-12)10-18-17(24)20-14(13-6-3-2-4-7-13)11-22-9-5-8-16(22)23/h2-4,6-7,14H,5,8-11H2,1H3,(H2,18,20,24). The van der Waals surface area contributed by atoms with Crippen molar-refractivity contribution in [3.63, 3.8) is 0 Å². The van der Waals surface area contributed by atoms with Crippen LogP contribution in [0.3, 0.4) is 0 Å². The Balaban J connectivity index is 1.62. The number of carbonyl (C=O) groups excluding carboxylic acids is 2. The van der Waals surface area contributed by atoms with Crippen molar-refractivity contribution in [1.29, 1.82) is 0 Å². The Hall–Kier alpha value is -2.90. The molecule has 1 saturated heterocycles. The maximum atomic E-state index is 12.2. The maximum absolute atomic E-state index is 12.2. The summed E-state index contributed by atoms with van der Waals surface area (Å²) in [5, 5.41) is 9.30. The number of aryl methyl sites for hydroxylation is 1. The van der Waals surface area contributed by atoms with E-state index in [-0.39, 0.29) is 24.5 Å². The maximum Gasteiger partial charge on any atom is 0.315 e. The van der Waals surface area contributed by atoms with E-state index < -0.39 is 0 Å². The van der Waals surface area contributed by atoms with Gasteiger partial charge in [-0.25, -0.2) is 4.79 Å². The van der Waals surface area contributed by atoms with Gasteiger partial charge in [0, 0.05) is 19.5 Å². The normalized spacial score (nSPS) is 15.2. The minimum Gasteiger partial charge on any atom is -0.340 e. The molecule has 8 nitrogen and oxygen atoms in total. The number of hydrogen-bond donors (Lipinski definition) is 2. The second-order valence-electron chi connectivity index (χ2n) is 5.97. The van der Waals surface area contributed by atoms with Gasteiger partial charge in [0.1, 0.15) is 0 Å². The molecule has 0 saturated carbocycles. The Labute approximate surface area is 145 Å². The van der Waals surface area contributed by atoms with Gasteiger partial charge in [-0.1, -0.05) is 35.5 Å². The molecule has 1 unspecified atom stereocenters. The van der Waals surface area contributed by atoms with E-state index in [0.717, 1.165) is 18.5 Å². The Morgan fingerprint density at radius 1 is 1.36 bits per heavy atom. The monoisotopic (exact) mass is 343 g/mol. The summed E-state index contributed by atoms with van der Waals surface area (Å²) < 4.78 is 4.97. The van der Waals surface area contributed by atoms with Crippen LogP contribution in [0, 0.1) is 6.92 Å². The molecule has 8 heteroatoms. The molecule has 3 amide bonds. The van der Waals surface area contributed by atoms with Gasteiger partial charge < -0.3 is 20.1 Å². The van der Waals surface area contributed by atoms with Crippen LogP contribution >= 0.6 is 0 Å². The number of benzene rings is 1. The largest absolute Gasteiger partial charge is 0.340 e. The molecule has 2 aromatic rings. The molecule has 0 spiro atoms. The van der Waals surface area contributed by atoms with Gasteiger partial charge in [-0.15, -0.1) is 0 Å². The average molecular weight is 343 g/mol. The lowest BCUT2D eigenvalue weighted by molar-refractivity contribution is -0.128. The van der Waals surface area contributed by atoms with Crippen LogP contribution in [0.4, 0.5) is 4.79 Å². The third kappa shape index (κ3) is 4.56. The highest BCUT2D eigenvalue weighted by Crippen LogP contribution is 2.18.